The number of hydrogen-bond acceptors (Lipinski definition) is 10. The molecule has 0 bridgehead atoms. The summed E-state index contributed by atoms with van der Waals surface area (Å²) in [7, 11) is 0. The number of nitriles is 1. The molecule has 3 aromatic rings. The Labute approximate surface area is 238 Å². The third-order valence-corrected chi connectivity index (χ3v) is 8.76. The van der Waals surface area contributed by atoms with Gasteiger partial charge < -0.3 is 16.2 Å². The van der Waals surface area contributed by atoms with Gasteiger partial charge >= 0.3 is 5.97 Å². The molecule has 1 aliphatic carbocycles. The van der Waals surface area contributed by atoms with Crippen molar-refractivity contribution in [2.24, 2.45) is 5.73 Å². The maximum atomic E-state index is 13.3. The van der Waals surface area contributed by atoms with E-state index in [1.54, 1.807) is 17.0 Å². The van der Waals surface area contributed by atoms with Crippen LogP contribution in [-0.4, -0.2) is 38.7 Å². The van der Waals surface area contributed by atoms with Gasteiger partial charge in [0.05, 0.1) is 28.9 Å². The summed E-state index contributed by atoms with van der Waals surface area (Å²) in [6.45, 7) is 1.95. The second kappa shape index (κ2) is 11.3. The number of amides is 1. The molecule has 1 atom stereocenters. The van der Waals surface area contributed by atoms with Gasteiger partial charge in [-0.3, -0.25) is 14.5 Å². The summed E-state index contributed by atoms with van der Waals surface area (Å²) in [5.74, 6) is -1.74. The lowest BCUT2D eigenvalue weighted by atomic mass is 9.75. The highest BCUT2D eigenvalue weighted by atomic mass is 32.2. The van der Waals surface area contributed by atoms with E-state index in [4.69, 9.17) is 10.8 Å². The van der Waals surface area contributed by atoms with E-state index < -0.39 is 11.9 Å². The number of anilines is 2. The Bertz CT molecular complexity index is 1640. The van der Waals surface area contributed by atoms with Crippen LogP contribution in [0.1, 0.15) is 46.7 Å². The summed E-state index contributed by atoms with van der Waals surface area (Å²) in [6, 6.07) is 15.9. The molecule has 2 aromatic carbocycles. The lowest BCUT2D eigenvalue weighted by Crippen LogP contribution is -2.38. The number of carboxylic acids is 1. The number of nitrogens with two attached hydrogens (primary N) is 1. The summed E-state index contributed by atoms with van der Waals surface area (Å²) >= 11 is 2.37. The molecule has 10 nitrogen and oxygen atoms in total. The number of Topliss-reactive ketones (excluding diaryl/α,β-unsaturated/α-hetero) is 1. The van der Waals surface area contributed by atoms with Gasteiger partial charge in [0.2, 0.25) is 11.0 Å². The van der Waals surface area contributed by atoms with Crippen molar-refractivity contribution in [1.82, 2.24) is 10.2 Å². The van der Waals surface area contributed by atoms with Gasteiger partial charge in [0.1, 0.15) is 5.82 Å². The molecule has 1 aromatic heterocycles. The average Bonchev–Trinajstić information content (AvgIpc) is 3.40. The maximum Gasteiger partial charge on any atom is 0.335 e. The standard InChI is InChI=1S/C28H24N6O4S2/c1-15-6-2-3-9-18(15)23-19(13-29)25(30)34(20-10-5-11-21(35)24(20)23)27-32-33-28(40-27)39-14-22(36)31-17-8-4-7-16(12-17)26(37)38/h2-4,6-9,12,23H,5,10-11,14,30H2,1H3,(H,31,36)(H,37,38). The first-order chi connectivity index (χ1) is 19.3. The lowest BCUT2D eigenvalue weighted by Gasteiger charge is -2.38. The van der Waals surface area contributed by atoms with E-state index in [2.05, 4.69) is 21.6 Å². The van der Waals surface area contributed by atoms with Crippen molar-refractivity contribution < 1.29 is 19.5 Å². The monoisotopic (exact) mass is 572 g/mol. The molecule has 2 aliphatic rings. The minimum atomic E-state index is -1.08. The smallest absolute Gasteiger partial charge is 0.335 e. The largest absolute Gasteiger partial charge is 0.478 e. The number of carbonyl (C=O) groups is 3. The molecule has 0 radical (unpaired) electrons. The zero-order valence-corrected chi connectivity index (χ0v) is 23.0. The molecule has 12 heteroatoms. The third kappa shape index (κ3) is 5.21. The Hall–Kier alpha value is -4.47. The second-order valence-corrected chi connectivity index (χ2v) is 11.4. The van der Waals surface area contributed by atoms with Crippen molar-refractivity contribution in [3.8, 4) is 6.07 Å². The van der Waals surface area contributed by atoms with E-state index in [1.165, 1.54) is 35.2 Å². The molecule has 0 saturated heterocycles. The van der Waals surface area contributed by atoms with Crippen LogP contribution >= 0.6 is 23.1 Å². The van der Waals surface area contributed by atoms with Crippen molar-refractivity contribution in [2.45, 2.75) is 36.4 Å². The van der Waals surface area contributed by atoms with E-state index in [0.29, 0.717) is 40.0 Å². The van der Waals surface area contributed by atoms with Gasteiger partial charge in [0.15, 0.2) is 10.1 Å². The number of rotatable bonds is 7. The van der Waals surface area contributed by atoms with Crippen LogP contribution in [0.15, 0.2) is 75.5 Å². The second-order valence-electron chi connectivity index (χ2n) is 9.25. The van der Waals surface area contributed by atoms with Gasteiger partial charge in [-0.05, 0) is 49.1 Å². The average molecular weight is 573 g/mol. The number of aryl methyl sites for hydroxylation is 1. The number of aromatic carboxylic acids is 1. The van der Waals surface area contributed by atoms with Crippen LogP contribution in [0.25, 0.3) is 0 Å². The number of benzene rings is 2. The molecular formula is C28H24N6O4S2. The van der Waals surface area contributed by atoms with E-state index >= 15 is 0 Å². The summed E-state index contributed by atoms with van der Waals surface area (Å²) in [4.78, 5) is 38.6. The summed E-state index contributed by atoms with van der Waals surface area (Å²) in [5.41, 5.74) is 10.5. The molecule has 1 aliphatic heterocycles. The number of allylic oxidation sites excluding steroid dienone is 3. The van der Waals surface area contributed by atoms with Crippen LogP contribution in [0.4, 0.5) is 10.8 Å². The third-order valence-electron chi connectivity index (χ3n) is 6.72. The maximum absolute atomic E-state index is 13.3. The fourth-order valence-electron chi connectivity index (χ4n) is 4.93. The molecule has 202 valence electrons. The first kappa shape index (κ1) is 27.1. The van der Waals surface area contributed by atoms with Crippen LogP contribution in [0.2, 0.25) is 0 Å². The van der Waals surface area contributed by atoms with Crippen molar-refractivity contribution in [3.05, 3.63) is 87.9 Å². The minimum Gasteiger partial charge on any atom is -0.478 e. The summed E-state index contributed by atoms with van der Waals surface area (Å²) in [6.07, 6.45) is 1.66. The molecule has 5 rings (SSSR count). The molecule has 1 unspecified atom stereocenters. The van der Waals surface area contributed by atoms with Gasteiger partial charge in [-0.1, -0.05) is 53.4 Å². The van der Waals surface area contributed by atoms with Crippen LogP contribution in [0.3, 0.4) is 0 Å². The Balaban J connectivity index is 1.40. The highest BCUT2D eigenvalue weighted by molar-refractivity contribution is 8.01. The van der Waals surface area contributed by atoms with Crippen LogP contribution in [-0.2, 0) is 9.59 Å². The number of hydrogen-bond donors (Lipinski definition) is 3. The molecule has 0 spiro atoms. The van der Waals surface area contributed by atoms with Gasteiger partial charge in [-0.25, -0.2) is 4.79 Å². The van der Waals surface area contributed by atoms with E-state index in [0.717, 1.165) is 16.8 Å². The van der Waals surface area contributed by atoms with Gasteiger partial charge in [-0.2, -0.15) is 5.26 Å². The molecule has 0 fully saturated rings. The minimum absolute atomic E-state index is 0.0116. The number of carbonyl (C=O) groups excluding carboxylic acids is 2. The van der Waals surface area contributed by atoms with Crippen molar-refractivity contribution in [3.63, 3.8) is 0 Å². The van der Waals surface area contributed by atoms with Crippen molar-refractivity contribution in [1.29, 1.82) is 5.26 Å². The van der Waals surface area contributed by atoms with Gasteiger partial charge in [0, 0.05) is 23.4 Å². The highest BCUT2D eigenvalue weighted by Crippen LogP contribution is 2.47. The van der Waals surface area contributed by atoms with Gasteiger partial charge in [0.25, 0.3) is 0 Å². The molecule has 40 heavy (non-hydrogen) atoms. The summed E-state index contributed by atoms with van der Waals surface area (Å²) < 4.78 is 0.501. The molecule has 2 heterocycles. The van der Waals surface area contributed by atoms with Crippen LogP contribution < -0.4 is 16.0 Å². The Kier molecular flexibility index (Phi) is 7.68. The van der Waals surface area contributed by atoms with E-state index in [9.17, 15) is 19.6 Å². The Morgan fingerprint density at radius 1 is 1.23 bits per heavy atom. The molecule has 4 N–H and O–H groups in total. The normalized spacial score (nSPS) is 16.9. The zero-order chi connectivity index (χ0) is 28.4. The molecule has 0 saturated carbocycles. The van der Waals surface area contributed by atoms with Crippen LogP contribution in [0, 0.1) is 18.3 Å². The highest BCUT2D eigenvalue weighted by Gasteiger charge is 2.41. The fourth-order valence-corrected chi connectivity index (χ4v) is 6.61. The summed E-state index contributed by atoms with van der Waals surface area (Å²) in [5, 5.41) is 30.9. The first-order valence-corrected chi connectivity index (χ1v) is 14.2. The first-order valence-electron chi connectivity index (χ1n) is 12.4. The number of nitrogens with zero attached hydrogens (tertiary/aromatic N) is 4. The van der Waals surface area contributed by atoms with Crippen molar-refractivity contribution >= 4 is 51.6 Å². The number of nitrogens with one attached hydrogen (secondary N) is 1. The number of carboxylic acid groups (broad SMARTS) is 1. The quantitative estimate of drug-likeness (QED) is 0.342. The Morgan fingerprint density at radius 2 is 2.02 bits per heavy atom. The SMILES string of the molecule is Cc1ccccc1C1C(C#N)=C(N)N(c2nnc(SCC(=O)Nc3cccc(C(=O)O)c3)s2)C2=C1C(=O)CCC2. The topological polar surface area (TPSA) is 162 Å². The fraction of sp³-hybridized carbons (Fsp3) is 0.214. The number of thioether (sulfide) groups is 1. The van der Waals surface area contributed by atoms with Crippen LogP contribution in [0.5, 0.6) is 0 Å². The van der Waals surface area contributed by atoms with Gasteiger partial charge in [-0.15, -0.1) is 10.2 Å². The molecular weight excluding hydrogens is 548 g/mol. The van der Waals surface area contributed by atoms with Crippen molar-refractivity contribution in [2.75, 3.05) is 16.0 Å². The number of aromatic nitrogens is 2. The molecule has 1 amide bonds. The predicted molar refractivity (Wildman–Crippen MR) is 152 cm³/mol. The van der Waals surface area contributed by atoms with E-state index in [1.807, 2.05) is 31.2 Å². The predicted octanol–water partition coefficient (Wildman–Crippen LogP) is 4.58. The zero-order valence-electron chi connectivity index (χ0n) is 21.4. The lowest BCUT2D eigenvalue weighted by molar-refractivity contribution is -0.116. The Morgan fingerprint density at radius 3 is 2.77 bits per heavy atom. The number of ketones is 1. The van der Waals surface area contributed by atoms with E-state index in [-0.39, 0.29) is 34.4 Å².